The molecule has 1 nitrogen and oxygen atoms in total. The van der Waals surface area contributed by atoms with Gasteiger partial charge >= 0.3 is 0 Å². The van der Waals surface area contributed by atoms with Gasteiger partial charge in [-0.25, -0.2) is 0 Å². The molecule has 1 heteroatoms. The predicted octanol–water partition coefficient (Wildman–Crippen LogP) is 4.75. The highest BCUT2D eigenvalue weighted by Crippen LogP contribution is 2.39. The maximum absolute atomic E-state index is 12.5. The quantitative estimate of drug-likeness (QED) is 0.709. The molecule has 0 unspecified atom stereocenters. The smallest absolute Gasteiger partial charge is 0.163 e. The van der Waals surface area contributed by atoms with Crippen molar-refractivity contribution in [2.24, 2.45) is 11.8 Å². The Balaban J connectivity index is 1.96. The van der Waals surface area contributed by atoms with Gasteiger partial charge in [-0.05, 0) is 54.2 Å². The fourth-order valence-electron chi connectivity index (χ4n) is 3.84. The highest BCUT2D eigenvalue weighted by molar-refractivity contribution is 5.98. The van der Waals surface area contributed by atoms with E-state index < -0.39 is 0 Å². The molecule has 1 saturated carbocycles. The molecule has 1 fully saturated rings. The fourth-order valence-corrected chi connectivity index (χ4v) is 3.84. The molecule has 0 bridgehead atoms. The van der Waals surface area contributed by atoms with E-state index in [-0.39, 0.29) is 0 Å². The monoisotopic (exact) mass is 256 g/mol. The zero-order valence-corrected chi connectivity index (χ0v) is 12.1. The summed E-state index contributed by atoms with van der Waals surface area (Å²) in [5.74, 6) is 2.30. The first-order valence-corrected chi connectivity index (χ1v) is 7.81. The van der Waals surface area contributed by atoms with Gasteiger partial charge < -0.3 is 0 Å². The third kappa shape index (κ3) is 2.48. The summed E-state index contributed by atoms with van der Waals surface area (Å²) in [4.78, 5) is 12.5. The molecule has 0 spiro atoms. The molecule has 19 heavy (non-hydrogen) atoms. The van der Waals surface area contributed by atoms with Gasteiger partial charge in [0.2, 0.25) is 0 Å². The van der Waals surface area contributed by atoms with Crippen LogP contribution in [0.15, 0.2) is 18.2 Å². The van der Waals surface area contributed by atoms with E-state index in [2.05, 4.69) is 32.0 Å². The van der Waals surface area contributed by atoms with Crippen LogP contribution in [-0.2, 0) is 6.42 Å². The minimum absolute atomic E-state index is 0.395. The lowest BCUT2D eigenvalue weighted by atomic mass is 9.76. The molecule has 3 rings (SSSR count). The van der Waals surface area contributed by atoms with Gasteiger partial charge in [0, 0.05) is 12.0 Å². The van der Waals surface area contributed by atoms with Crippen molar-refractivity contribution < 1.29 is 4.79 Å². The summed E-state index contributed by atoms with van der Waals surface area (Å²) in [6.07, 6.45) is 7.19. The van der Waals surface area contributed by atoms with E-state index >= 15 is 0 Å². The Morgan fingerprint density at radius 3 is 2.42 bits per heavy atom. The summed E-state index contributed by atoms with van der Waals surface area (Å²) in [7, 11) is 0. The lowest BCUT2D eigenvalue weighted by Gasteiger charge is -2.29. The van der Waals surface area contributed by atoms with Crippen molar-refractivity contribution in [2.75, 3.05) is 0 Å². The van der Waals surface area contributed by atoms with Crippen LogP contribution < -0.4 is 0 Å². The third-order valence-corrected chi connectivity index (χ3v) is 5.10. The van der Waals surface area contributed by atoms with E-state index in [0.29, 0.717) is 17.6 Å². The second-order valence-electron chi connectivity index (χ2n) is 6.71. The van der Waals surface area contributed by atoms with E-state index in [1.165, 1.54) is 36.8 Å². The zero-order valence-electron chi connectivity index (χ0n) is 12.1. The first-order chi connectivity index (χ1) is 9.15. The second-order valence-corrected chi connectivity index (χ2v) is 6.71. The molecule has 2 aliphatic rings. The minimum Gasteiger partial charge on any atom is -0.294 e. The number of hydrogen-bond donors (Lipinski definition) is 0. The second kappa shape index (κ2) is 5.11. The Morgan fingerprint density at radius 1 is 1.05 bits per heavy atom. The van der Waals surface area contributed by atoms with Gasteiger partial charge in [0.25, 0.3) is 0 Å². The van der Waals surface area contributed by atoms with Crippen LogP contribution >= 0.6 is 0 Å². The van der Waals surface area contributed by atoms with E-state index in [9.17, 15) is 4.79 Å². The average molecular weight is 256 g/mol. The molecule has 0 radical (unpaired) electrons. The molecule has 0 heterocycles. The summed E-state index contributed by atoms with van der Waals surface area (Å²) >= 11 is 0. The molecule has 2 aliphatic carbocycles. The van der Waals surface area contributed by atoms with Crippen LogP contribution in [0, 0.1) is 11.8 Å². The Labute approximate surface area is 116 Å². The van der Waals surface area contributed by atoms with Crippen LogP contribution in [0.5, 0.6) is 0 Å². The molecule has 0 amide bonds. The molecule has 1 aromatic rings. The Hall–Kier alpha value is -1.11. The molecule has 1 aromatic carbocycles. The normalized spacial score (nSPS) is 26.8. The number of carbonyl (C=O) groups is 1. The maximum Gasteiger partial charge on any atom is 0.163 e. The molecular formula is C18H24O. The van der Waals surface area contributed by atoms with E-state index in [1.54, 1.807) is 0 Å². The number of rotatable bonds is 1. The summed E-state index contributed by atoms with van der Waals surface area (Å²) in [6, 6.07) is 6.61. The molecule has 2 atom stereocenters. The van der Waals surface area contributed by atoms with Crippen LogP contribution in [-0.4, -0.2) is 5.78 Å². The molecule has 0 saturated heterocycles. The number of hydrogen-bond acceptors (Lipinski definition) is 1. The van der Waals surface area contributed by atoms with E-state index in [0.717, 1.165) is 24.3 Å². The largest absolute Gasteiger partial charge is 0.294 e. The van der Waals surface area contributed by atoms with E-state index in [4.69, 9.17) is 0 Å². The third-order valence-electron chi connectivity index (χ3n) is 5.10. The van der Waals surface area contributed by atoms with Crippen molar-refractivity contribution in [1.29, 1.82) is 0 Å². The van der Waals surface area contributed by atoms with Crippen molar-refractivity contribution in [1.82, 2.24) is 0 Å². The molecule has 0 aliphatic heterocycles. The number of ketones is 1. The van der Waals surface area contributed by atoms with Crippen molar-refractivity contribution >= 4 is 5.78 Å². The minimum atomic E-state index is 0.395. The van der Waals surface area contributed by atoms with Crippen molar-refractivity contribution in [3.8, 4) is 0 Å². The van der Waals surface area contributed by atoms with Crippen LogP contribution in [0.4, 0.5) is 0 Å². The lowest BCUT2D eigenvalue weighted by molar-refractivity contribution is 0.0934. The molecular weight excluding hydrogens is 232 g/mol. The summed E-state index contributed by atoms with van der Waals surface area (Å²) < 4.78 is 0. The predicted molar refractivity (Wildman–Crippen MR) is 78.6 cm³/mol. The highest BCUT2D eigenvalue weighted by Gasteiger charge is 2.32. The number of carbonyl (C=O) groups excluding carboxylic acids is 1. The van der Waals surface area contributed by atoms with Gasteiger partial charge in [0.1, 0.15) is 0 Å². The summed E-state index contributed by atoms with van der Waals surface area (Å²) in [5, 5.41) is 0. The van der Waals surface area contributed by atoms with Crippen LogP contribution in [0.1, 0.15) is 73.4 Å². The first kappa shape index (κ1) is 12.9. The Bertz CT molecular complexity index is 486. The topological polar surface area (TPSA) is 17.1 Å². The van der Waals surface area contributed by atoms with Gasteiger partial charge in [-0.15, -0.1) is 0 Å². The average Bonchev–Trinajstić information content (AvgIpc) is 2.54. The highest BCUT2D eigenvalue weighted by atomic mass is 16.1. The molecule has 102 valence electrons. The molecule has 0 N–H and O–H groups in total. The Kier molecular flexibility index (Phi) is 3.47. The van der Waals surface area contributed by atoms with Crippen LogP contribution in [0.2, 0.25) is 0 Å². The lowest BCUT2D eigenvalue weighted by Crippen LogP contribution is -2.21. The first-order valence-electron chi connectivity index (χ1n) is 7.81. The van der Waals surface area contributed by atoms with Crippen LogP contribution in [0.3, 0.4) is 0 Å². The fraction of sp³-hybridized carbons (Fsp3) is 0.611. The van der Waals surface area contributed by atoms with Gasteiger partial charge in [0.05, 0.1) is 0 Å². The van der Waals surface area contributed by atoms with Crippen molar-refractivity contribution in [3.05, 3.63) is 34.9 Å². The van der Waals surface area contributed by atoms with Gasteiger partial charge in [-0.2, -0.15) is 0 Å². The number of benzene rings is 1. The summed E-state index contributed by atoms with van der Waals surface area (Å²) in [6.45, 7) is 4.39. The maximum atomic E-state index is 12.5. The van der Waals surface area contributed by atoms with Gasteiger partial charge in [-0.3, -0.25) is 4.79 Å². The standard InChI is InChI=1S/C18H24O/c1-12(2)13-7-8-16-9-14-5-3-4-6-15(14)11-18(19)17(16)10-13/h7-8,10,12,14-15H,3-6,9,11H2,1-2H3/t14-,15-/m0/s1. The summed E-state index contributed by atoms with van der Waals surface area (Å²) in [5.41, 5.74) is 3.64. The van der Waals surface area contributed by atoms with E-state index in [1.807, 2.05) is 0 Å². The Morgan fingerprint density at radius 2 is 1.74 bits per heavy atom. The number of Topliss-reactive ketones (excluding diaryl/α,β-unsaturated/α-hetero) is 1. The van der Waals surface area contributed by atoms with Gasteiger partial charge in [-0.1, -0.05) is 38.8 Å². The van der Waals surface area contributed by atoms with Gasteiger partial charge in [0.15, 0.2) is 5.78 Å². The van der Waals surface area contributed by atoms with Crippen molar-refractivity contribution in [2.45, 2.75) is 58.3 Å². The SMILES string of the molecule is CC(C)c1ccc2c(c1)C(=O)C[C@@H]1CCCC[C@H]1C2. The zero-order chi connectivity index (χ0) is 13.4. The molecule has 0 aromatic heterocycles. The number of fused-ring (bicyclic) bond motifs is 2. The van der Waals surface area contributed by atoms with Crippen LogP contribution in [0.25, 0.3) is 0 Å². The van der Waals surface area contributed by atoms with Crippen molar-refractivity contribution in [3.63, 3.8) is 0 Å².